The van der Waals surface area contributed by atoms with Crippen molar-refractivity contribution in [3.8, 4) is 0 Å². The fourth-order valence-electron chi connectivity index (χ4n) is 0.483. The highest BCUT2D eigenvalue weighted by Crippen LogP contribution is 2.15. The number of hydrogen-bond acceptors (Lipinski definition) is 3. The molecule has 0 saturated heterocycles. The molecule has 0 bridgehead atoms. The van der Waals surface area contributed by atoms with Gasteiger partial charge in [0.2, 0.25) is 0 Å². The van der Waals surface area contributed by atoms with Gasteiger partial charge in [0.05, 0.1) is 0 Å². The summed E-state index contributed by atoms with van der Waals surface area (Å²) in [7, 11) is 1.14. The molecule has 0 fully saturated rings. The van der Waals surface area contributed by atoms with Crippen LogP contribution >= 0.6 is 34.9 Å². The van der Waals surface area contributed by atoms with E-state index in [1.165, 1.54) is 6.20 Å². The van der Waals surface area contributed by atoms with Crippen LogP contribution < -0.4 is 4.73 Å². The average Bonchev–Trinajstić information content (AvgIpc) is 1.89. The summed E-state index contributed by atoms with van der Waals surface area (Å²) >= 11 is 3.88. The largest absolute Gasteiger partial charge is 0.618 e. The van der Waals surface area contributed by atoms with Gasteiger partial charge < -0.3 is 5.21 Å². The molecule has 1 aromatic rings. The predicted molar refractivity (Wildman–Crippen MR) is 47.5 cm³/mol. The summed E-state index contributed by atoms with van der Waals surface area (Å²) in [6, 6.07) is 5.19. The number of rotatable bonds is 1. The van der Waals surface area contributed by atoms with Gasteiger partial charge in [-0.25, -0.2) is 0 Å². The van der Waals surface area contributed by atoms with E-state index in [2.05, 4.69) is 11.7 Å². The molecule has 0 aliphatic carbocycles. The highest BCUT2D eigenvalue weighted by molar-refractivity contribution is 8.68. The fraction of sp³-hybridized carbons (Fsp3) is 0. The number of aromatic nitrogens is 1. The molecule has 0 spiro atoms. The van der Waals surface area contributed by atoms with E-state index < -0.39 is 0 Å². The van der Waals surface area contributed by atoms with Crippen LogP contribution in [0.2, 0.25) is 0 Å². The monoisotopic (exact) mass is 195 g/mol. The van der Waals surface area contributed by atoms with Crippen molar-refractivity contribution in [2.45, 2.75) is 5.03 Å². The molecule has 0 aliphatic heterocycles. The molecule has 0 unspecified atom stereocenters. The quantitative estimate of drug-likeness (QED) is 0.320. The van der Waals surface area contributed by atoms with E-state index in [-0.39, 0.29) is 12.4 Å². The van der Waals surface area contributed by atoms with Crippen LogP contribution in [0.25, 0.3) is 0 Å². The standard InChI is InChI=1S/C5H5NOS2.ClH/c7-6-4-2-1-3-5(6)9-8;/h1-4,8H;1H. The van der Waals surface area contributed by atoms with Gasteiger partial charge in [-0.3, -0.25) is 0 Å². The Morgan fingerprint density at radius 2 is 2.20 bits per heavy atom. The predicted octanol–water partition coefficient (Wildman–Crippen LogP) is 1.68. The lowest BCUT2D eigenvalue weighted by Gasteiger charge is -1.97. The fourth-order valence-corrected chi connectivity index (χ4v) is 1.19. The van der Waals surface area contributed by atoms with Crippen LogP contribution in [0.5, 0.6) is 0 Å². The molecule has 0 amide bonds. The van der Waals surface area contributed by atoms with E-state index in [1.54, 1.807) is 18.2 Å². The molecule has 1 rings (SSSR count). The molecule has 0 N–H and O–H groups in total. The van der Waals surface area contributed by atoms with Gasteiger partial charge in [0.15, 0.2) is 6.20 Å². The van der Waals surface area contributed by atoms with Crippen LogP contribution in [-0.2, 0) is 0 Å². The van der Waals surface area contributed by atoms with Crippen molar-refractivity contribution < 1.29 is 4.73 Å². The zero-order valence-corrected chi connectivity index (χ0v) is 7.46. The summed E-state index contributed by atoms with van der Waals surface area (Å²) in [4.78, 5) is 0. The number of hydrogen-bond donors (Lipinski definition) is 1. The minimum absolute atomic E-state index is 0. The highest BCUT2D eigenvalue weighted by atomic mass is 35.5. The number of halogens is 1. The third kappa shape index (κ3) is 2.28. The van der Waals surface area contributed by atoms with Crippen LogP contribution in [0.15, 0.2) is 29.4 Å². The highest BCUT2D eigenvalue weighted by Gasteiger charge is 1.97. The van der Waals surface area contributed by atoms with Crippen LogP contribution in [0.4, 0.5) is 0 Å². The minimum Gasteiger partial charge on any atom is -0.618 e. The summed E-state index contributed by atoms with van der Waals surface area (Å²) in [6.07, 6.45) is 1.44. The second-order valence-electron chi connectivity index (χ2n) is 1.46. The molecule has 1 aromatic heterocycles. The van der Waals surface area contributed by atoms with Crippen molar-refractivity contribution in [1.29, 1.82) is 0 Å². The van der Waals surface area contributed by atoms with E-state index in [0.29, 0.717) is 5.03 Å². The average molecular weight is 196 g/mol. The van der Waals surface area contributed by atoms with Crippen molar-refractivity contribution in [2.24, 2.45) is 0 Å². The van der Waals surface area contributed by atoms with Gasteiger partial charge in [0, 0.05) is 22.9 Å². The van der Waals surface area contributed by atoms with Gasteiger partial charge in [0.25, 0.3) is 5.03 Å². The van der Waals surface area contributed by atoms with E-state index in [9.17, 15) is 5.21 Å². The molecule has 1 heterocycles. The van der Waals surface area contributed by atoms with Crippen LogP contribution in [0.3, 0.4) is 0 Å². The lowest BCUT2D eigenvalue weighted by Crippen LogP contribution is -2.26. The zero-order valence-electron chi connectivity index (χ0n) is 4.93. The topological polar surface area (TPSA) is 26.9 Å². The van der Waals surface area contributed by atoms with Gasteiger partial charge in [-0.1, -0.05) is 0 Å². The van der Waals surface area contributed by atoms with Crippen molar-refractivity contribution in [2.75, 3.05) is 0 Å². The van der Waals surface area contributed by atoms with Crippen molar-refractivity contribution in [3.63, 3.8) is 0 Å². The first kappa shape index (κ1) is 9.94. The Kier molecular flexibility index (Phi) is 4.68. The van der Waals surface area contributed by atoms with Crippen LogP contribution in [0.1, 0.15) is 0 Å². The van der Waals surface area contributed by atoms with Gasteiger partial charge in [-0.15, -0.1) is 24.1 Å². The van der Waals surface area contributed by atoms with Crippen LogP contribution in [-0.4, -0.2) is 0 Å². The maximum atomic E-state index is 10.7. The van der Waals surface area contributed by atoms with Gasteiger partial charge >= 0.3 is 0 Å². The number of pyridine rings is 1. The Balaban J connectivity index is 0.000000810. The third-order valence-electron chi connectivity index (χ3n) is 0.882. The second kappa shape index (κ2) is 4.71. The molecule has 0 atom stereocenters. The van der Waals surface area contributed by atoms with Crippen molar-refractivity contribution >= 4 is 34.9 Å². The maximum Gasteiger partial charge on any atom is 0.261 e. The Hall–Kier alpha value is -0.0600. The first-order valence-corrected chi connectivity index (χ1v) is 4.21. The van der Waals surface area contributed by atoms with E-state index in [4.69, 9.17) is 0 Å². The Bertz CT molecular complexity index is 209. The molecule has 10 heavy (non-hydrogen) atoms. The smallest absolute Gasteiger partial charge is 0.261 e. The molecule has 0 radical (unpaired) electrons. The molecular weight excluding hydrogens is 190 g/mol. The lowest BCUT2D eigenvalue weighted by molar-refractivity contribution is -0.645. The number of nitrogens with zero attached hydrogens (tertiary/aromatic N) is 1. The van der Waals surface area contributed by atoms with Gasteiger partial charge in [0.1, 0.15) is 0 Å². The molecule has 2 nitrogen and oxygen atoms in total. The normalized spacial score (nSPS) is 8.50. The SMILES string of the molecule is Cl.[O-][n+]1ccccc1SS. The van der Waals surface area contributed by atoms with Crippen molar-refractivity contribution in [1.82, 2.24) is 0 Å². The first-order chi connectivity index (χ1) is 4.34. The van der Waals surface area contributed by atoms with E-state index in [0.717, 1.165) is 15.5 Å². The van der Waals surface area contributed by atoms with Crippen molar-refractivity contribution in [3.05, 3.63) is 29.6 Å². The molecule has 56 valence electrons. The Labute approximate surface area is 74.4 Å². The summed E-state index contributed by atoms with van der Waals surface area (Å²) in [5, 5.41) is 11.3. The van der Waals surface area contributed by atoms with Gasteiger partial charge in [-0.2, -0.15) is 4.73 Å². The minimum atomic E-state index is 0. The molecule has 5 heteroatoms. The Morgan fingerprint density at radius 1 is 1.50 bits per heavy atom. The summed E-state index contributed by atoms with van der Waals surface area (Å²) < 4.78 is 0.775. The molecular formula is C5H6ClNOS2. The zero-order chi connectivity index (χ0) is 6.69. The Morgan fingerprint density at radius 3 is 2.60 bits per heavy atom. The second-order valence-corrected chi connectivity index (χ2v) is 2.60. The van der Waals surface area contributed by atoms with E-state index in [1.807, 2.05) is 0 Å². The molecule has 0 aliphatic rings. The molecule has 0 saturated carbocycles. The first-order valence-electron chi connectivity index (χ1n) is 2.34. The summed E-state index contributed by atoms with van der Waals surface area (Å²) in [5.74, 6) is 0. The van der Waals surface area contributed by atoms with Gasteiger partial charge in [-0.05, 0) is 6.07 Å². The molecule has 0 aromatic carbocycles. The van der Waals surface area contributed by atoms with Crippen LogP contribution in [0, 0.1) is 5.21 Å². The van der Waals surface area contributed by atoms with E-state index >= 15 is 0 Å². The maximum absolute atomic E-state index is 10.7. The summed E-state index contributed by atoms with van der Waals surface area (Å²) in [6.45, 7) is 0. The number of thiol groups is 1. The summed E-state index contributed by atoms with van der Waals surface area (Å²) in [5.41, 5.74) is 0. The third-order valence-corrected chi connectivity index (χ3v) is 1.95. The lowest BCUT2D eigenvalue weighted by atomic mass is 10.5.